The zero-order valence-corrected chi connectivity index (χ0v) is 49.9. The highest BCUT2D eigenvalue weighted by Gasteiger charge is 2.19. The van der Waals surface area contributed by atoms with Gasteiger partial charge in [0.1, 0.15) is 13.2 Å². The summed E-state index contributed by atoms with van der Waals surface area (Å²) >= 11 is 0. The van der Waals surface area contributed by atoms with E-state index in [4.69, 9.17) is 14.2 Å². The van der Waals surface area contributed by atoms with Gasteiger partial charge >= 0.3 is 17.9 Å². The Hall–Kier alpha value is -4.45. The maximum Gasteiger partial charge on any atom is 0.306 e. The van der Waals surface area contributed by atoms with Crippen LogP contribution in [0.25, 0.3) is 0 Å². The van der Waals surface area contributed by atoms with Crippen LogP contribution in [0.15, 0.2) is 134 Å². The first-order chi connectivity index (χ1) is 38.0. The fourth-order valence-electron chi connectivity index (χ4n) is 8.43. The van der Waals surface area contributed by atoms with Crippen LogP contribution in [0.4, 0.5) is 0 Å². The largest absolute Gasteiger partial charge is 0.462 e. The van der Waals surface area contributed by atoms with E-state index in [9.17, 15) is 14.4 Å². The van der Waals surface area contributed by atoms with Gasteiger partial charge in [-0.1, -0.05) is 257 Å². The third-order valence-corrected chi connectivity index (χ3v) is 13.1. The summed E-state index contributed by atoms with van der Waals surface area (Å²) in [6.07, 6.45) is 90.2. The first-order valence-electron chi connectivity index (χ1n) is 31.7. The summed E-state index contributed by atoms with van der Waals surface area (Å²) < 4.78 is 16.9. The lowest BCUT2D eigenvalue weighted by molar-refractivity contribution is -0.167. The van der Waals surface area contributed by atoms with Crippen molar-refractivity contribution in [2.75, 3.05) is 13.2 Å². The second-order valence-corrected chi connectivity index (χ2v) is 20.5. The molecule has 1 atom stereocenters. The minimum Gasteiger partial charge on any atom is -0.462 e. The predicted octanol–water partition coefficient (Wildman–Crippen LogP) is 21.8. The molecule has 0 radical (unpaired) electrons. The number of unbranched alkanes of at least 4 members (excludes halogenated alkanes) is 23. The van der Waals surface area contributed by atoms with E-state index in [1.165, 1.54) is 89.9 Å². The van der Waals surface area contributed by atoms with Crippen LogP contribution in [0.5, 0.6) is 0 Å². The highest BCUT2D eigenvalue weighted by atomic mass is 16.6. The molecule has 0 N–H and O–H groups in total. The Balaban J connectivity index is 4.45. The van der Waals surface area contributed by atoms with Gasteiger partial charge in [0.15, 0.2) is 6.10 Å². The highest BCUT2D eigenvalue weighted by molar-refractivity contribution is 5.71. The molecule has 0 aromatic rings. The Morgan fingerprint density at radius 2 is 0.506 bits per heavy atom. The molecule has 0 aromatic carbocycles. The average molecular weight is 1070 g/mol. The normalized spacial score (nSPS) is 13.0. The lowest BCUT2D eigenvalue weighted by Crippen LogP contribution is -2.30. The van der Waals surface area contributed by atoms with Crippen molar-refractivity contribution >= 4 is 17.9 Å². The van der Waals surface area contributed by atoms with E-state index in [1.54, 1.807) is 0 Å². The summed E-state index contributed by atoms with van der Waals surface area (Å²) in [6.45, 7) is 6.38. The standard InChI is InChI=1S/C71H116O6/c1-4-7-10-13-16-19-22-25-28-31-32-33-34-35-36-37-38-41-43-46-49-52-55-58-61-64-70(73)76-67-68(77-71(74)65-62-59-56-53-50-47-44-40-30-27-24-21-18-15-12-9-6-3)66-75-69(72)63-60-57-54-51-48-45-42-39-29-26-23-20-17-14-11-8-5-2/h7,9-10,12,16,18-19,21,25-30,32-33,35-36,38,41,44,47,68H,4-6,8,11,13-15,17,20,22-24,31,34,37,39-40,42-43,45-46,48-67H2,1-3H3/b10-7-,12-9-,19-16-,21-18-,28-25-,29-26-,30-27-,33-32-,36-35-,41-38-,47-44-. The smallest absolute Gasteiger partial charge is 0.306 e. The second-order valence-electron chi connectivity index (χ2n) is 20.5. The molecule has 1 unspecified atom stereocenters. The molecule has 77 heavy (non-hydrogen) atoms. The SMILES string of the molecule is CC/C=C\C/C=C\C/C=C\C/C=C\C/C=C\C/C=C\CCCCCCCCC(=O)OCC(COC(=O)CCCCCCCCC/C=C\CCCCCCCC)OC(=O)CCCCCC/C=C\C/C=C\C/C=C\C/C=C\CC. The number of hydrogen-bond acceptors (Lipinski definition) is 6. The first-order valence-corrected chi connectivity index (χ1v) is 31.7. The number of allylic oxidation sites excluding steroid dienone is 22. The molecule has 0 amide bonds. The van der Waals surface area contributed by atoms with Crippen molar-refractivity contribution in [2.24, 2.45) is 0 Å². The third kappa shape index (κ3) is 62.3. The monoisotopic (exact) mass is 1060 g/mol. The Bertz CT molecular complexity index is 1650. The third-order valence-electron chi connectivity index (χ3n) is 13.1. The molecule has 0 fully saturated rings. The zero-order chi connectivity index (χ0) is 55.7. The minimum atomic E-state index is -0.805. The number of esters is 3. The van der Waals surface area contributed by atoms with Crippen LogP contribution in [0.1, 0.15) is 278 Å². The van der Waals surface area contributed by atoms with E-state index in [-0.39, 0.29) is 31.1 Å². The van der Waals surface area contributed by atoms with Crippen molar-refractivity contribution in [1.29, 1.82) is 0 Å². The summed E-state index contributed by atoms with van der Waals surface area (Å²) in [5.41, 5.74) is 0. The van der Waals surface area contributed by atoms with Gasteiger partial charge in [-0.2, -0.15) is 0 Å². The number of hydrogen-bond donors (Lipinski definition) is 0. The molecule has 0 aliphatic rings. The van der Waals surface area contributed by atoms with Gasteiger partial charge in [-0.25, -0.2) is 0 Å². The lowest BCUT2D eigenvalue weighted by Gasteiger charge is -2.18. The van der Waals surface area contributed by atoms with Gasteiger partial charge in [-0.3, -0.25) is 14.4 Å². The molecule has 0 saturated carbocycles. The van der Waals surface area contributed by atoms with E-state index in [0.29, 0.717) is 19.3 Å². The Morgan fingerprint density at radius 3 is 0.805 bits per heavy atom. The molecule has 0 bridgehead atoms. The van der Waals surface area contributed by atoms with Crippen LogP contribution in [-0.2, 0) is 28.6 Å². The Kier molecular flexibility index (Phi) is 60.4. The van der Waals surface area contributed by atoms with Crippen molar-refractivity contribution in [3.63, 3.8) is 0 Å². The van der Waals surface area contributed by atoms with Gasteiger partial charge in [0.05, 0.1) is 0 Å². The summed E-state index contributed by atoms with van der Waals surface area (Å²) in [6, 6.07) is 0. The van der Waals surface area contributed by atoms with Crippen LogP contribution in [0.3, 0.4) is 0 Å². The molecular weight excluding hydrogens is 949 g/mol. The fourth-order valence-corrected chi connectivity index (χ4v) is 8.43. The maximum absolute atomic E-state index is 12.9. The molecule has 0 aliphatic heterocycles. The molecule has 0 aliphatic carbocycles. The van der Waals surface area contributed by atoms with Crippen LogP contribution >= 0.6 is 0 Å². The fraction of sp³-hybridized carbons (Fsp3) is 0.648. The number of ether oxygens (including phenoxy) is 3. The first kappa shape index (κ1) is 72.5. The molecule has 436 valence electrons. The van der Waals surface area contributed by atoms with Gasteiger partial charge in [-0.05, 0) is 135 Å². The molecule has 0 spiro atoms. The average Bonchev–Trinajstić information content (AvgIpc) is 3.43. The molecule has 0 saturated heterocycles. The Labute approximate surface area is 475 Å². The molecule has 0 heterocycles. The van der Waals surface area contributed by atoms with Gasteiger partial charge in [0, 0.05) is 19.3 Å². The molecule has 6 heteroatoms. The highest BCUT2D eigenvalue weighted by Crippen LogP contribution is 2.15. The summed E-state index contributed by atoms with van der Waals surface area (Å²) in [5, 5.41) is 0. The number of carbonyl (C=O) groups is 3. The molecule has 0 rings (SSSR count). The maximum atomic E-state index is 12.9. The van der Waals surface area contributed by atoms with E-state index in [0.717, 1.165) is 148 Å². The van der Waals surface area contributed by atoms with E-state index >= 15 is 0 Å². The van der Waals surface area contributed by atoms with Gasteiger partial charge in [0.25, 0.3) is 0 Å². The topological polar surface area (TPSA) is 78.9 Å². The van der Waals surface area contributed by atoms with Gasteiger partial charge in [-0.15, -0.1) is 0 Å². The molecule has 0 aromatic heterocycles. The number of carbonyl (C=O) groups excluding carboxylic acids is 3. The number of rotatable bonds is 56. The van der Waals surface area contributed by atoms with Crippen molar-refractivity contribution in [1.82, 2.24) is 0 Å². The van der Waals surface area contributed by atoms with E-state index in [2.05, 4.69) is 154 Å². The van der Waals surface area contributed by atoms with E-state index in [1.807, 2.05) is 0 Å². The summed E-state index contributed by atoms with van der Waals surface area (Å²) in [5.74, 6) is -0.940. The summed E-state index contributed by atoms with van der Waals surface area (Å²) in [7, 11) is 0. The molecule has 6 nitrogen and oxygen atoms in total. The quantitative estimate of drug-likeness (QED) is 0.0261. The van der Waals surface area contributed by atoms with Gasteiger partial charge in [0.2, 0.25) is 0 Å². The van der Waals surface area contributed by atoms with Crippen molar-refractivity contribution in [3.8, 4) is 0 Å². The second kappa shape index (κ2) is 64.1. The van der Waals surface area contributed by atoms with Crippen LogP contribution < -0.4 is 0 Å². The molecular formula is C71H116O6. The van der Waals surface area contributed by atoms with Crippen LogP contribution in [-0.4, -0.2) is 37.2 Å². The summed E-state index contributed by atoms with van der Waals surface area (Å²) in [4.78, 5) is 38.3. The van der Waals surface area contributed by atoms with E-state index < -0.39 is 6.10 Å². The Morgan fingerprint density at radius 1 is 0.273 bits per heavy atom. The van der Waals surface area contributed by atoms with Crippen molar-refractivity contribution in [2.45, 2.75) is 284 Å². The minimum absolute atomic E-state index is 0.0985. The van der Waals surface area contributed by atoms with Crippen LogP contribution in [0, 0.1) is 0 Å². The van der Waals surface area contributed by atoms with Crippen LogP contribution in [0.2, 0.25) is 0 Å². The van der Waals surface area contributed by atoms with Crippen molar-refractivity contribution in [3.05, 3.63) is 134 Å². The van der Waals surface area contributed by atoms with Crippen molar-refractivity contribution < 1.29 is 28.6 Å². The predicted molar refractivity (Wildman–Crippen MR) is 334 cm³/mol. The zero-order valence-electron chi connectivity index (χ0n) is 49.9. The lowest BCUT2D eigenvalue weighted by atomic mass is 10.1. The van der Waals surface area contributed by atoms with Gasteiger partial charge < -0.3 is 14.2 Å².